The van der Waals surface area contributed by atoms with Crippen molar-refractivity contribution in [3.63, 3.8) is 0 Å². The summed E-state index contributed by atoms with van der Waals surface area (Å²) in [6, 6.07) is 0. The van der Waals surface area contributed by atoms with Gasteiger partial charge >= 0.3 is 29.2 Å². The van der Waals surface area contributed by atoms with Crippen LogP contribution in [-0.4, -0.2) is 52.2 Å². The van der Waals surface area contributed by atoms with Crippen LogP contribution in [0.3, 0.4) is 0 Å². The molecule has 15 nitrogen and oxygen atoms in total. The third kappa shape index (κ3) is 6.96. The summed E-state index contributed by atoms with van der Waals surface area (Å²) in [6.07, 6.45) is -0.0462. The first-order chi connectivity index (χ1) is 13.1. The highest BCUT2D eigenvalue weighted by Crippen LogP contribution is 2.66. The minimum absolute atomic E-state index is 0.0818. The van der Waals surface area contributed by atoms with Gasteiger partial charge in [-0.05, 0) is 6.92 Å². The molecule has 1 aromatic rings. The number of hydrogen-bond acceptors (Lipinski definition) is 10. The lowest BCUT2D eigenvalue weighted by atomic mass is 10.2. The summed E-state index contributed by atoms with van der Waals surface area (Å²) in [5.74, 6) is 0. The molecule has 1 aliphatic rings. The average Bonchev–Trinajstić information content (AvgIpc) is 2.86. The van der Waals surface area contributed by atoms with Gasteiger partial charge in [-0.1, -0.05) is 0 Å². The number of nitrogens with one attached hydrogen (secondary N) is 1. The fourth-order valence-corrected chi connectivity index (χ4v) is 6.95. The Morgan fingerprint density at radius 3 is 2.38 bits per heavy atom. The fraction of sp³-hybridized carbons (Fsp3) is 0.600. The van der Waals surface area contributed by atoms with E-state index in [9.17, 15) is 33.3 Å². The third-order valence-corrected chi connectivity index (χ3v) is 8.82. The molecule has 19 heteroatoms. The van der Waals surface area contributed by atoms with Gasteiger partial charge in [-0.3, -0.25) is 9.32 Å². The van der Waals surface area contributed by atoms with Gasteiger partial charge in [-0.15, -0.1) is 11.8 Å². The number of rotatable bonds is 8. The molecule has 0 spiro atoms. The molecule has 0 radical (unpaired) electrons. The van der Waals surface area contributed by atoms with Gasteiger partial charge in [-0.2, -0.15) is 8.62 Å². The molecular weight excluding hydrogens is 481 g/mol. The molecule has 2 rings (SSSR count). The Balaban J connectivity index is 2.05. The number of hydrogen-bond donors (Lipinski definition) is 6. The average molecular weight is 498 g/mol. The number of thioether (sulfide) groups is 1. The zero-order valence-electron chi connectivity index (χ0n) is 14.4. The van der Waals surface area contributed by atoms with E-state index in [2.05, 4.69) is 18.1 Å². The van der Waals surface area contributed by atoms with Gasteiger partial charge in [0.25, 0.3) is 5.56 Å². The van der Waals surface area contributed by atoms with Crippen LogP contribution >= 0.6 is 35.2 Å². The highest BCUT2D eigenvalue weighted by Gasteiger charge is 2.43. The van der Waals surface area contributed by atoms with Gasteiger partial charge in [0, 0.05) is 18.2 Å². The van der Waals surface area contributed by atoms with Crippen molar-refractivity contribution in [2.45, 2.75) is 30.1 Å². The number of phosphoric acid groups is 3. The maximum atomic E-state index is 12.2. The van der Waals surface area contributed by atoms with Crippen LogP contribution < -0.4 is 11.2 Å². The number of aromatic nitrogens is 2. The van der Waals surface area contributed by atoms with Gasteiger partial charge in [0.1, 0.15) is 0 Å². The minimum atomic E-state index is -5.65. The highest BCUT2D eigenvalue weighted by atomic mass is 32.2. The van der Waals surface area contributed by atoms with E-state index in [0.717, 1.165) is 16.3 Å². The molecule has 0 saturated carbocycles. The summed E-state index contributed by atoms with van der Waals surface area (Å²) in [4.78, 5) is 61.9. The van der Waals surface area contributed by atoms with E-state index in [1.807, 2.05) is 0 Å². The normalized spacial score (nSPS) is 26.8. The SMILES string of the molecule is Cc1c[nH]c(=O)n(C2CC(O)C(COP(=O)(O)OP(=O)(O)OP(=O)(O)O)S2)c1=O. The quantitative estimate of drug-likeness (QED) is 0.249. The van der Waals surface area contributed by atoms with Gasteiger partial charge in [0.05, 0.1) is 23.3 Å². The minimum Gasteiger partial charge on any atom is -0.392 e. The Morgan fingerprint density at radius 1 is 1.17 bits per heavy atom. The molecule has 29 heavy (non-hydrogen) atoms. The summed E-state index contributed by atoms with van der Waals surface area (Å²) in [5, 5.41) is 8.31. The van der Waals surface area contributed by atoms with Crippen molar-refractivity contribution in [2.75, 3.05) is 6.61 Å². The predicted octanol–water partition coefficient (Wildman–Crippen LogP) is -0.447. The zero-order chi connectivity index (χ0) is 22.2. The topological polar surface area (TPSA) is 235 Å². The van der Waals surface area contributed by atoms with Crippen LogP contribution in [0.1, 0.15) is 17.4 Å². The second-order valence-corrected chi connectivity index (χ2v) is 11.6. The summed E-state index contributed by atoms with van der Waals surface area (Å²) < 4.78 is 46.1. The van der Waals surface area contributed by atoms with E-state index in [1.54, 1.807) is 0 Å². The first kappa shape index (κ1) is 24.7. The molecule has 5 unspecified atom stereocenters. The van der Waals surface area contributed by atoms with Crippen molar-refractivity contribution in [2.24, 2.45) is 0 Å². The molecule has 5 atom stereocenters. The summed E-state index contributed by atoms with van der Waals surface area (Å²) in [6.45, 7) is 0.738. The van der Waals surface area contributed by atoms with Crippen LogP contribution in [-0.2, 0) is 26.8 Å². The maximum Gasteiger partial charge on any atom is 0.490 e. The summed E-state index contributed by atoms with van der Waals surface area (Å²) in [7, 11) is -16.5. The molecule has 0 aromatic carbocycles. The Morgan fingerprint density at radius 2 is 1.79 bits per heavy atom. The van der Waals surface area contributed by atoms with Crippen LogP contribution in [0.5, 0.6) is 0 Å². The van der Waals surface area contributed by atoms with Crippen LogP contribution in [0.4, 0.5) is 0 Å². The molecule has 1 aromatic heterocycles. The van der Waals surface area contributed by atoms with E-state index in [0.29, 0.717) is 0 Å². The van der Waals surface area contributed by atoms with E-state index >= 15 is 0 Å². The zero-order valence-corrected chi connectivity index (χ0v) is 17.9. The lowest BCUT2D eigenvalue weighted by molar-refractivity contribution is 0.125. The molecule has 0 bridgehead atoms. The van der Waals surface area contributed by atoms with Gasteiger partial charge in [0.2, 0.25) is 0 Å². The van der Waals surface area contributed by atoms with Gasteiger partial charge in [0.15, 0.2) is 0 Å². The smallest absolute Gasteiger partial charge is 0.392 e. The number of aryl methyl sites for hydroxylation is 1. The highest BCUT2D eigenvalue weighted by molar-refractivity contribution is 8.00. The van der Waals surface area contributed by atoms with Crippen LogP contribution in [0.2, 0.25) is 0 Å². The predicted molar refractivity (Wildman–Crippen MR) is 96.9 cm³/mol. The Bertz CT molecular complexity index is 1020. The number of aliphatic hydroxyl groups excluding tert-OH is 1. The van der Waals surface area contributed by atoms with Gasteiger partial charge < -0.3 is 29.7 Å². The molecule has 1 saturated heterocycles. The van der Waals surface area contributed by atoms with Crippen molar-refractivity contribution in [3.8, 4) is 0 Å². The van der Waals surface area contributed by atoms with Crippen molar-refractivity contribution in [3.05, 3.63) is 32.6 Å². The van der Waals surface area contributed by atoms with Crippen LogP contribution in [0.25, 0.3) is 0 Å². The first-order valence-corrected chi connectivity index (χ1v) is 13.0. The number of aromatic amines is 1. The maximum absolute atomic E-state index is 12.2. The van der Waals surface area contributed by atoms with E-state index in [-0.39, 0.29) is 12.0 Å². The molecule has 0 amide bonds. The van der Waals surface area contributed by atoms with Crippen molar-refractivity contribution < 1.29 is 51.5 Å². The first-order valence-electron chi connectivity index (χ1n) is 7.53. The van der Waals surface area contributed by atoms with Crippen molar-refractivity contribution >= 4 is 35.2 Å². The van der Waals surface area contributed by atoms with E-state index in [4.69, 9.17) is 14.7 Å². The largest absolute Gasteiger partial charge is 0.490 e. The molecular formula is C10H17N2O13P3S. The fourth-order valence-electron chi connectivity index (χ4n) is 2.34. The third-order valence-electron chi connectivity index (χ3n) is 3.50. The standard InChI is InChI=1S/C10H17N2O13P3S/c1-5-3-11-10(15)12(9(5)14)8-2-6(13)7(29-8)4-23-27(19,20)25-28(21,22)24-26(16,17)18/h3,6-8,13H,2,4H2,1H3,(H,11,15)(H,19,20)(H,21,22)(H2,16,17,18). The number of nitrogens with zero attached hydrogens (tertiary/aromatic N) is 1. The van der Waals surface area contributed by atoms with Gasteiger partial charge in [-0.25, -0.2) is 23.1 Å². The summed E-state index contributed by atoms with van der Waals surface area (Å²) in [5.41, 5.74) is -1.07. The lowest BCUT2D eigenvalue weighted by Gasteiger charge is -2.19. The van der Waals surface area contributed by atoms with Crippen molar-refractivity contribution in [1.29, 1.82) is 0 Å². The monoisotopic (exact) mass is 498 g/mol. The van der Waals surface area contributed by atoms with Crippen molar-refractivity contribution in [1.82, 2.24) is 9.55 Å². The molecule has 0 aliphatic carbocycles. The number of aliphatic hydroxyl groups is 1. The Hall–Kier alpha value is -0.600. The lowest BCUT2D eigenvalue weighted by Crippen LogP contribution is -2.37. The second-order valence-electron chi connectivity index (χ2n) is 5.77. The Labute approximate surface area is 166 Å². The summed E-state index contributed by atoms with van der Waals surface area (Å²) >= 11 is 0.870. The second kappa shape index (κ2) is 8.87. The molecule has 1 aliphatic heterocycles. The van der Waals surface area contributed by atoms with E-state index in [1.165, 1.54) is 13.1 Å². The number of phosphoric ester groups is 1. The van der Waals surface area contributed by atoms with Crippen LogP contribution in [0, 0.1) is 6.92 Å². The molecule has 1 fully saturated rings. The number of H-pyrrole nitrogens is 1. The molecule has 2 heterocycles. The molecule has 6 N–H and O–H groups in total. The molecule has 166 valence electrons. The van der Waals surface area contributed by atoms with E-state index < -0.39 is 58.1 Å². The Kier molecular flexibility index (Phi) is 7.54. The van der Waals surface area contributed by atoms with Crippen LogP contribution in [0.15, 0.2) is 15.8 Å².